The van der Waals surface area contributed by atoms with Gasteiger partial charge >= 0.3 is 0 Å². The van der Waals surface area contributed by atoms with Gasteiger partial charge in [0, 0.05) is 19.5 Å². The number of aliphatic hydroxyl groups is 1. The van der Waals surface area contributed by atoms with Crippen LogP contribution in [0.15, 0.2) is 0 Å². The molecule has 0 aromatic carbocycles. The first kappa shape index (κ1) is 12.5. The summed E-state index contributed by atoms with van der Waals surface area (Å²) in [6.07, 6.45) is 3.03. The van der Waals surface area contributed by atoms with Gasteiger partial charge in [-0.2, -0.15) is 0 Å². The van der Waals surface area contributed by atoms with Crippen LogP contribution in [0.25, 0.3) is 0 Å². The summed E-state index contributed by atoms with van der Waals surface area (Å²) in [6.45, 7) is 7.54. The zero-order valence-corrected chi connectivity index (χ0v) is 10.1. The Bertz CT molecular complexity index is 214. The fourth-order valence-electron chi connectivity index (χ4n) is 1.81. The third kappa shape index (κ3) is 4.20. The number of amides is 1. The molecule has 3 heteroatoms. The molecular weight excluding hydrogens is 190 g/mol. The van der Waals surface area contributed by atoms with Gasteiger partial charge in [0.1, 0.15) is 0 Å². The zero-order chi connectivity index (χ0) is 11.5. The molecule has 0 atom stereocenters. The molecule has 1 aliphatic rings. The Hall–Kier alpha value is -0.570. The van der Waals surface area contributed by atoms with Gasteiger partial charge in [0.05, 0.1) is 5.60 Å². The number of hydrogen-bond acceptors (Lipinski definition) is 2. The molecule has 1 amide bonds. The molecule has 0 saturated carbocycles. The first-order valence-corrected chi connectivity index (χ1v) is 5.91. The molecule has 1 aliphatic heterocycles. The summed E-state index contributed by atoms with van der Waals surface area (Å²) in [6, 6.07) is 0. The highest BCUT2D eigenvalue weighted by molar-refractivity contribution is 5.76. The van der Waals surface area contributed by atoms with Crippen LogP contribution in [0.3, 0.4) is 0 Å². The quantitative estimate of drug-likeness (QED) is 0.776. The summed E-state index contributed by atoms with van der Waals surface area (Å²) in [5.74, 6) is 0.834. The van der Waals surface area contributed by atoms with Gasteiger partial charge in [-0.1, -0.05) is 13.8 Å². The van der Waals surface area contributed by atoms with Crippen molar-refractivity contribution >= 4 is 5.91 Å². The minimum Gasteiger partial charge on any atom is -0.390 e. The molecule has 1 saturated heterocycles. The van der Waals surface area contributed by atoms with E-state index in [-0.39, 0.29) is 5.91 Å². The Morgan fingerprint density at radius 3 is 2.40 bits per heavy atom. The minimum absolute atomic E-state index is 0.249. The molecule has 0 aromatic rings. The number of nitrogens with zero attached hydrogens (tertiary/aromatic N) is 1. The number of rotatable bonds is 3. The van der Waals surface area contributed by atoms with Crippen LogP contribution in [0.5, 0.6) is 0 Å². The van der Waals surface area contributed by atoms with Gasteiger partial charge in [0.2, 0.25) is 5.91 Å². The van der Waals surface area contributed by atoms with Gasteiger partial charge in [0.25, 0.3) is 0 Å². The van der Waals surface area contributed by atoms with Crippen LogP contribution in [0.4, 0.5) is 0 Å². The van der Waals surface area contributed by atoms with Crippen molar-refractivity contribution in [1.29, 1.82) is 0 Å². The molecular formula is C12H23NO2. The van der Waals surface area contributed by atoms with E-state index in [9.17, 15) is 9.90 Å². The van der Waals surface area contributed by atoms with Gasteiger partial charge in [-0.25, -0.2) is 0 Å². The Balaban J connectivity index is 2.30. The van der Waals surface area contributed by atoms with Gasteiger partial charge in [-0.3, -0.25) is 4.79 Å². The van der Waals surface area contributed by atoms with Crippen LogP contribution in [-0.4, -0.2) is 34.6 Å². The van der Waals surface area contributed by atoms with Crippen LogP contribution < -0.4 is 0 Å². The molecule has 1 heterocycles. The average molecular weight is 213 g/mol. The molecule has 1 rings (SSSR count). The average Bonchev–Trinajstić information content (AvgIpc) is 2.14. The van der Waals surface area contributed by atoms with E-state index in [2.05, 4.69) is 13.8 Å². The first-order valence-electron chi connectivity index (χ1n) is 5.91. The molecule has 3 nitrogen and oxygen atoms in total. The highest BCUT2D eigenvalue weighted by atomic mass is 16.3. The molecule has 88 valence electrons. The lowest BCUT2D eigenvalue weighted by Gasteiger charge is -2.35. The topological polar surface area (TPSA) is 40.5 Å². The van der Waals surface area contributed by atoms with Crippen LogP contribution in [0.2, 0.25) is 0 Å². The summed E-state index contributed by atoms with van der Waals surface area (Å²) in [5.41, 5.74) is -0.561. The van der Waals surface area contributed by atoms with Crippen molar-refractivity contribution in [2.24, 2.45) is 5.92 Å². The molecule has 0 radical (unpaired) electrons. The summed E-state index contributed by atoms with van der Waals surface area (Å²) in [4.78, 5) is 13.6. The van der Waals surface area contributed by atoms with Gasteiger partial charge < -0.3 is 10.0 Å². The lowest BCUT2D eigenvalue weighted by Crippen LogP contribution is -2.45. The number of carbonyl (C=O) groups excluding carboxylic acids is 1. The molecule has 1 fully saturated rings. The van der Waals surface area contributed by atoms with Crippen LogP contribution in [0.1, 0.15) is 46.5 Å². The Labute approximate surface area is 92.5 Å². The van der Waals surface area contributed by atoms with E-state index < -0.39 is 5.60 Å². The maximum atomic E-state index is 11.8. The number of likely N-dealkylation sites (tertiary alicyclic amines) is 1. The van der Waals surface area contributed by atoms with Gasteiger partial charge in [-0.15, -0.1) is 0 Å². The standard InChI is InChI=1S/C12H23NO2/c1-10(2)4-5-11(14)13-8-6-12(3,15)7-9-13/h10,15H,4-9H2,1-3H3. The highest BCUT2D eigenvalue weighted by Gasteiger charge is 2.29. The smallest absolute Gasteiger partial charge is 0.222 e. The second kappa shape index (κ2) is 4.97. The van der Waals surface area contributed by atoms with E-state index in [1.807, 2.05) is 11.8 Å². The van der Waals surface area contributed by atoms with Gasteiger partial charge in [-0.05, 0) is 32.1 Å². The summed E-state index contributed by atoms with van der Waals surface area (Å²) < 4.78 is 0. The molecule has 0 bridgehead atoms. The molecule has 0 spiro atoms. The molecule has 15 heavy (non-hydrogen) atoms. The maximum absolute atomic E-state index is 11.8. The zero-order valence-electron chi connectivity index (χ0n) is 10.1. The van der Waals surface area contributed by atoms with Crippen molar-refractivity contribution < 1.29 is 9.90 Å². The lowest BCUT2D eigenvalue weighted by atomic mass is 9.93. The van der Waals surface area contributed by atoms with E-state index in [0.717, 1.165) is 6.42 Å². The third-order valence-corrected chi connectivity index (χ3v) is 3.13. The van der Waals surface area contributed by atoms with Crippen molar-refractivity contribution in [3.05, 3.63) is 0 Å². The highest BCUT2D eigenvalue weighted by Crippen LogP contribution is 2.21. The third-order valence-electron chi connectivity index (χ3n) is 3.13. The second-order valence-electron chi connectivity index (χ2n) is 5.31. The largest absolute Gasteiger partial charge is 0.390 e. The van der Waals surface area contributed by atoms with E-state index in [0.29, 0.717) is 38.3 Å². The summed E-state index contributed by atoms with van der Waals surface area (Å²) in [7, 11) is 0. The maximum Gasteiger partial charge on any atom is 0.222 e. The minimum atomic E-state index is -0.561. The Kier molecular flexibility index (Phi) is 4.14. The number of piperidine rings is 1. The fraction of sp³-hybridized carbons (Fsp3) is 0.917. The first-order chi connectivity index (χ1) is 6.91. The number of carbonyl (C=O) groups is 1. The summed E-state index contributed by atoms with van der Waals surface area (Å²) in [5, 5.41) is 9.75. The van der Waals surface area contributed by atoms with Gasteiger partial charge in [0.15, 0.2) is 0 Å². The predicted octanol–water partition coefficient (Wildman–Crippen LogP) is 1.80. The Morgan fingerprint density at radius 2 is 1.93 bits per heavy atom. The predicted molar refractivity (Wildman–Crippen MR) is 60.5 cm³/mol. The van der Waals surface area contributed by atoms with E-state index in [1.54, 1.807) is 0 Å². The van der Waals surface area contributed by atoms with Crippen molar-refractivity contribution in [3.8, 4) is 0 Å². The van der Waals surface area contributed by atoms with Crippen LogP contribution in [0, 0.1) is 5.92 Å². The SMILES string of the molecule is CC(C)CCC(=O)N1CCC(C)(O)CC1. The fourth-order valence-corrected chi connectivity index (χ4v) is 1.81. The monoisotopic (exact) mass is 213 g/mol. The molecule has 0 aliphatic carbocycles. The summed E-state index contributed by atoms with van der Waals surface area (Å²) >= 11 is 0. The van der Waals surface area contributed by atoms with Crippen LogP contribution in [-0.2, 0) is 4.79 Å². The van der Waals surface area contributed by atoms with E-state index >= 15 is 0 Å². The van der Waals surface area contributed by atoms with Crippen molar-refractivity contribution in [3.63, 3.8) is 0 Å². The van der Waals surface area contributed by atoms with Crippen molar-refractivity contribution in [2.45, 2.75) is 52.1 Å². The lowest BCUT2D eigenvalue weighted by molar-refractivity contribution is -0.135. The molecule has 0 unspecified atom stereocenters. The van der Waals surface area contributed by atoms with E-state index in [4.69, 9.17) is 0 Å². The van der Waals surface area contributed by atoms with Crippen LogP contribution >= 0.6 is 0 Å². The second-order valence-corrected chi connectivity index (χ2v) is 5.31. The van der Waals surface area contributed by atoms with Crippen molar-refractivity contribution in [1.82, 2.24) is 4.90 Å². The van der Waals surface area contributed by atoms with Crippen molar-refractivity contribution in [2.75, 3.05) is 13.1 Å². The number of hydrogen-bond donors (Lipinski definition) is 1. The normalized spacial score (nSPS) is 20.7. The Morgan fingerprint density at radius 1 is 1.40 bits per heavy atom. The molecule has 1 N–H and O–H groups in total. The molecule has 0 aromatic heterocycles. The van der Waals surface area contributed by atoms with E-state index in [1.165, 1.54) is 0 Å².